The number of nitrogens with zero attached hydrogens (tertiary/aromatic N) is 5. The van der Waals surface area contributed by atoms with E-state index in [1.165, 1.54) is 0 Å². The predicted molar refractivity (Wildman–Crippen MR) is 163 cm³/mol. The van der Waals surface area contributed by atoms with Gasteiger partial charge in [-0.3, -0.25) is 4.79 Å². The number of hydrogen-bond donors (Lipinski definition) is 1. The van der Waals surface area contributed by atoms with E-state index in [1.807, 2.05) is 31.3 Å². The lowest BCUT2D eigenvalue weighted by molar-refractivity contribution is -0.136. The minimum atomic E-state index is -0.925. The van der Waals surface area contributed by atoms with Crippen molar-refractivity contribution in [1.29, 1.82) is 0 Å². The molecule has 210 valence electrons. The van der Waals surface area contributed by atoms with Crippen molar-refractivity contribution in [2.24, 2.45) is 5.41 Å². The fourth-order valence-corrected chi connectivity index (χ4v) is 5.86. The molecule has 0 unspecified atom stereocenters. The highest BCUT2D eigenvalue weighted by Gasteiger charge is 2.29. The normalized spacial score (nSPS) is 15.0. The molecule has 1 fully saturated rings. The van der Waals surface area contributed by atoms with E-state index in [1.54, 1.807) is 12.5 Å². The Morgan fingerprint density at radius 3 is 2.54 bits per heavy atom. The highest BCUT2D eigenvalue weighted by Crippen LogP contribution is 2.41. The molecule has 0 amide bonds. The number of benzene rings is 2. The number of carboxylic acids is 1. The highest BCUT2D eigenvalue weighted by molar-refractivity contribution is 6.31. The molecule has 41 heavy (non-hydrogen) atoms. The van der Waals surface area contributed by atoms with Gasteiger partial charge < -0.3 is 19.3 Å². The Morgan fingerprint density at radius 2 is 1.80 bits per heavy atom. The first-order valence-corrected chi connectivity index (χ1v) is 14.1. The van der Waals surface area contributed by atoms with Crippen LogP contribution < -0.4 is 9.80 Å². The van der Waals surface area contributed by atoms with Crippen LogP contribution in [0.15, 0.2) is 65.5 Å². The summed E-state index contributed by atoms with van der Waals surface area (Å²) in [5.41, 5.74) is 6.90. The van der Waals surface area contributed by atoms with Crippen molar-refractivity contribution in [3.8, 4) is 11.1 Å². The molecule has 1 saturated heterocycles. The van der Waals surface area contributed by atoms with E-state index >= 15 is 0 Å². The zero-order chi connectivity index (χ0) is 28.7. The summed E-state index contributed by atoms with van der Waals surface area (Å²) in [4.78, 5) is 29.5. The quantitative estimate of drug-likeness (QED) is 0.210. The lowest BCUT2D eigenvalue weighted by Crippen LogP contribution is -2.38. The maximum atomic E-state index is 11.8. The van der Waals surface area contributed by atoms with Gasteiger partial charge in [0.05, 0.1) is 12.1 Å². The van der Waals surface area contributed by atoms with Crippen molar-refractivity contribution in [1.82, 2.24) is 15.0 Å². The monoisotopic (exact) mass is 569 g/mol. The summed E-state index contributed by atoms with van der Waals surface area (Å²) < 4.78 is 6.12. The third-order valence-corrected chi connectivity index (χ3v) is 8.37. The summed E-state index contributed by atoms with van der Waals surface area (Å²) in [5.74, 6) is -0.197. The number of aromatic nitrogens is 3. The van der Waals surface area contributed by atoms with Crippen molar-refractivity contribution >= 4 is 51.1 Å². The molecule has 6 rings (SSSR count). The number of fused-ring (bicyclic) bond motifs is 3. The molecular weight excluding hydrogens is 538 g/mol. The molecular formula is C32H32ClN5O3. The number of carbonyl (C=O) groups is 1. The molecule has 0 saturated carbocycles. The standard InChI is InChI=1S/C32H32ClN5O3/c1-32(2)12-14-38(15-13-32)28-23(16-26(39)40)30(33)34-17-24(28)21-10-8-20(9-11-21)18-37(3)31-29-27(35-19-36-31)22-6-4-5-7-25(22)41-29/h4-11,17,19H,12-16,18H2,1-3H3,(H,39,40). The lowest BCUT2D eigenvalue weighted by atomic mass is 9.82. The Balaban J connectivity index is 1.31. The number of aliphatic carboxylic acids is 1. The van der Waals surface area contributed by atoms with Crippen molar-refractivity contribution in [3.63, 3.8) is 0 Å². The number of anilines is 2. The maximum absolute atomic E-state index is 11.8. The van der Waals surface area contributed by atoms with E-state index in [4.69, 9.17) is 16.0 Å². The number of carboxylic acid groups (broad SMARTS) is 1. The minimum Gasteiger partial charge on any atom is -0.481 e. The molecule has 0 bridgehead atoms. The van der Waals surface area contributed by atoms with Crippen molar-refractivity contribution in [3.05, 3.63) is 77.3 Å². The Kier molecular flexibility index (Phi) is 7.03. The molecule has 1 aliphatic heterocycles. The van der Waals surface area contributed by atoms with Gasteiger partial charge in [0.2, 0.25) is 0 Å². The van der Waals surface area contributed by atoms with Gasteiger partial charge in [-0.05, 0) is 41.5 Å². The van der Waals surface area contributed by atoms with E-state index in [0.29, 0.717) is 17.7 Å². The number of halogens is 1. The zero-order valence-corrected chi connectivity index (χ0v) is 24.1. The summed E-state index contributed by atoms with van der Waals surface area (Å²) in [7, 11) is 1.99. The molecule has 2 aromatic carbocycles. The highest BCUT2D eigenvalue weighted by atomic mass is 35.5. The first-order chi connectivity index (χ1) is 19.7. The zero-order valence-electron chi connectivity index (χ0n) is 23.4. The Hall–Kier alpha value is -4.17. The summed E-state index contributed by atoms with van der Waals surface area (Å²) >= 11 is 6.49. The molecule has 0 aliphatic carbocycles. The fourth-order valence-electron chi connectivity index (χ4n) is 5.66. The van der Waals surface area contributed by atoms with E-state index in [0.717, 1.165) is 70.6 Å². The topological polar surface area (TPSA) is 95.6 Å². The number of pyridine rings is 1. The molecule has 5 aromatic rings. The third-order valence-electron chi connectivity index (χ3n) is 8.04. The van der Waals surface area contributed by atoms with Gasteiger partial charge in [0.1, 0.15) is 22.6 Å². The molecule has 9 heteroatoms. The SMILES string of the molecule is CN(Cc1ccc(-c2cnc(Cl)c(CC(=O)O)c2N2CCC(C)(C)CC2)cc1)c1ncnc2c1oc1ccccc12. The van der Waals surface area contributed by atoms with Gasteiger partial charge in [0.15, 0.2) is 11.4 Å². The van der Waals surface area contributed by atoms with E-state index in [-0.39, 0.29) is 17.0 Å². The number of para-hydroxylation sites is 1. The van der Waals surface area contributed by atoms with Crippen molar-refractivity contribution in [2.45, 2.75) is 39.7 Å². The summed E-state index contributed by atoms with van der Waals surface area (Å²) in [6.07, 6.45) is 5.21. The van der Waals surface area contributed by atoms with Crippen LogP contribution in [0, 0.1) is 5.41 Å². The van der Waals surface area contributed by atoms with Gasteiger partial charge in [-0.25, -0.2) is 15.0 Å². The van der Waals surface area contributed by atoms with Gasteiger partial charge in [-0.15, -0.1) is 0 Å². The molecule has 1 N–H and O–H groups in total. The first-order valence-electron chi connectivity index (χ1n) is 13.8. The number of rotatable bonds is 7. The summed E-state index contributed by atoms with van der Waals surface area (Å²) in [6.45, 7) is 6.84. The van der Waals surface area contributed by atoms with E-state index in [2.05, 4.69) is 62.9 Å². The van der Waals surface area contributed by atoms with Crippen molar-refractivity contribution < 1.29 is 14.3 Å². The maximum Gasteiger partial charge on any atom is 0.308 e. The van der Waals surface area contributed by atoms with Crippen LogP contribution in [0.4, 0.5) is 11.5 Å². The van der Waals surface area contributed by atoms with Crippen LogP contribution in [0.2, 0.25) is 5.15 Å². The van der Waals surface area contributed by atoms with Crippen molar-refractivity contribution in [2.75, 3.05) is 29.9 Å². The van der Waals surface area contributed by atoms with Crippen LogP contribution in [0.5, 0.6) is 0 Å². The number of furan rings is 1. The molecule has 0 spiro atoms. The van der Waals surface area contributed by atoms with Crippen LogP contribution in [0.3, 0.4) is 0 Å². The number of piperidine rings is 1. The second-order valence-corrected chi connectivity index (χ2v) is 11.9. The minimum absolute atomic E-state index is 0.174. The molecule has 1 aliphatic rings. The smallest absolute Gasteiger partial charge is 0.308 e. The lowest BCUT2D eigenvalue weighted by Gasteiger charge is -2.40. The summed E-state index contributed by atoms with van der Waals surface area (Å²) in [5, 5.41) is 10.9. The van der Waals surface area contributed by atoms with Gasteiger partial charge in [0, 0.05) is 49.4 Å². The first kappa shape index (κ1) is 27.0. The Bertz CT molecular complexity index is 1740. The van der Waals surface area contributed by atoms with Gasteiger partial charge >= 0.3 is 5.97 Å². The molecule has 8 nitrogen and oxygen atoms in total. The molecule has 0 radical (unpaired) electrons. The Labute approximate surface area is 243 Å². The second kappa shape index (κ2) is 10.7. The second-order valence-electron chi connectivity index (χ2n) is 11.5. The Morgan fingerprint density at radius 1 is 1.07 bits per heavy atom. The largest absolute Gasteiger partial charge is 0.481 e. The van der Waals surface area contributed by atoms with Crippen LogP contribution in [0.1, 0.15) is 37.8 Å². The van der Waals surface area contributed by atoms with Gasteiger partial charge in [-0.2, -0.15) is 0 Å². The average molecular weight is 570 g/mol. The van der Waals surface area contributed by atoms with Gasteiger partial charge in [0.25, 0.3) is 0 Å². The van der Waals surface area contributed by atoms with E-state index < -0.39 is 5.97 Å². The molecule has 4 heterocycles. The van der Waals surface area contributed by atoms with E-state index in [9.17, 15) is 9.90 Å². The van der Waals surface area contributed by atoms with Gasteiger partial charge in [-0.1, -0.05) is 61.8 Å². The van der Waals surface area contributed by atoms with Crippen LogP contribution in [-0.2, 0) is 17.8 Å². The van der Waals surface area contributed by atoms with Crippen LogP contribution >= 0.6 is 11.6 Å². The number of hydrogen-bond acceptors (Lipinski definition) is 7. The molecule has 0 atom stereocenters. The predicted octanol–water partition coefficient (Wildman–Crippen LogP) is 6.98. The van der Waals surface area contributed by atoms with Crippen LogP contribution in [-0.4, -0.2) is 46.2 Å². The molecule has 3 aromatic heterocycles. The van der Waals surface area contributed by atoms with Crippen LogP contribution in [0.25, 0.3) is 33.2 Å². The third kappa shape index (κ3) is 5.32. The fraction of sp³-hybridized carbons (Fsp3) is 0.312. The average Bonchev–Trinajstić information content (AvgIpc) is 3.33. The summed E-state index contributed by atoms with van der Waals surface area (Å²) in [6, 6.07) is 16.1.